The zero-order valence-electron chi connectivity index (χ0n) is 14.9. The zero-order valence-corrected chi connectivity index (χ0v) is 16.6. The molecule has 0 aliphatic heterocycles. The van der Waals surface area contributed by atoms with Gasteiger partial charge in [-0.15, -0.1) is 12.4 Å². The fraction of sp³-hybridized carbons (Fsp3) is 0.278. The molecule has 0 fully saturated rings. The topological polar surface area (TPSA) is 90.0 Å². The van der Waals surface area contributed by atoms with E-state index in [9.17, 15) is 8.42 Å². The van der Waals surface area contributed by atoms with Gasteiger partial charge in [0.2, 0.25) is 10.0 Å². The molecule has 0 bridgehead atoms. The van der Waals surface area contributed by atoms with E-state index < -0.39 is 16.1 Å². The van der Waals surface area contributed by atoms with Crippen LogP contribution < -0.4 is 10.5 Å². The molecule has 0 saturated carbocycles. The van der Waals surface area contributed by atoms with Gasteiger partial charge in [-0.25, -0.2) is 13.1 Å². The molecule has 2 aromatic carbocycles. The SMILES string of the molecule is Cc1nn(C)c(C)c1S(=O)(=O)NC(CN)c1ccc2ccccc2c1.Cl. The van der Waals surface area contributed by atoms with E-state index >= 15 is 0 Å². The number of hydrogen-bond acceptors (Lipinski definition) is 4. The third-order valence-corrected chi connectivity index (χ3v) is 6.14. The van der Waals surface area contributed by atoms with Crippen LogP contribution in [0.1, 0.15) is 23.0 Å². The summed E-state index contributed by atoms with van der Waals surface area (Å²) in [5.74, 6) is 0. The quantitative estimate of drug-likeness (QED) is 0.695. The molecule has 3 aromatic rings. The average molecular weight is 395 g/mol. The predicted molar refractivity (Wildman–Crippen MR) is 106 cm³/mol. The maximum absolute atomic E-state index is 12.9. The Balaban J connectivity index is 0.00000243. The summed E-state index contributed by atoms with van der Waals surface area (Å²) in [6, 6.07) is 13.3. The van der Waals surface area contributed by atoms with Crippen LogP contribution in [0.15, 0.2) is 47.4 Å². The number of fused-ring (bicyclic) bond motifs is 1. The van der Waals surface area contributed by atoms with Crippen LogP contribution in [0.5, 0.6) is 0 Å². The molecular formula is C18H23ClN4O2S. The third kappa shape index (κ3) is 3.76. The van der Waals surface area contributed by atoms with Crippen molar-refractivity contribution in [3.63, 3.8) is 0 Å². The summed E-state index contributed by atoms with van der Waals surface area (Å²) in [7, 11) is -2.00. The minimum atomic E-state index is -3.73. The molecule has 3 N–H and O–H groups in total. The molecule has 140 valence electrons. The number of aromatic nitrogens is 2. The first-order valence-electron chi connectivity index (χ1n) is 8.05. The summed E-state index contributed by atoms with van der Waals surface area (Å²) in [5, 5.41) is 6.34. The number of nitrogens with zero attached hydrogens (tertiary/aromatic N) is 2. The Bertz CT molecular complexity index is 1030. The number of sulfonamides is 1. The molecule has 0 spiro atoms. The molecule has 1 heterocycles. The van der Waals surface area contributed by atoms with E-state index in [1.54, 1.807) is 25.6 Å². The van der Waals surface area contributed by atoms with Gasteiger partial charge in [0.15, 0.2) is 0 Å². The Morgan fingerprint density at radius 3 is 2.38 bits per heavy atom. The summed E-state index contributed by atoms with van der Waals surface area (Å²) >= 11 is 0. The lowest BCUT2D eigenvalue weighted by Crippen LogP contribution is -2.34. The van der Waals surface area contributed by atoms with Crippen LogP contribution in [0.3, 0.4) is 0 Å². The van der Waals surface area contributed by atoms with Gasteiger partial charge in [-0.1, -0.05) is 36.4 Å². The number of rotatable bonds is 5. The lowest BCUT2D eigenvalue weighted by Gasteiger charge is -2.18. The molecule has 1 aromatic heterocycles. The molecule has 0 saturated heterocycles. The Kier molecular flexibility index (Phi) is 6.08. The van der Waals surface area contributed by atoms with Crippen LogP contribution in [-0.2, 0) is 17.1 Å². The van der Waals surface area contributed by atoms with E-state index in [1.807, 2.05) is 42.5 Å². The number of nitrogens with two attached hydrogens (primary N) is 1. The summed E-state index contributed by atoms with van der Waals surface area (Å²) in [6.07, 6.45) is 0. The van der Waals surface area contributed by atoms with E-state index in [0.29, 0.717) is 11.4 Å². The second-order valence-corrected chi connectivity index (χ2v) is 7.79. The number of nitrogens with one attached hydrogen (secondary N) is 1. The highest BCUT2D eigenvalue weighted by Crippen LogP contribution is 2.24. The van der Waals surface area contributed by atoms with Gasteiger partial charge in [0.25, 0.3) is 0 Å². The minimum Gasteiger partial charge on any atom is -0.329 e. The van der Waals surface area contributed by atoms with Crippen LogP contribution in [-0.4, -0.2) is 24.7 Å². The van der Waals surface area contributed by atoms with E-state index in [1.165, 1.54) is 0 Å². The van der Waals surface area contributed by atoms with Gasteiger partial charge in [0, 0.05) is 13.6 Å². The van der Waals surface area contributed by atoms with Crippen molar-refractivity contribution in [2.75, 3.05) is 6.54 Å². The molecule has 0 aliphatic rings. The second-order valence-electron chi connectivity index (χ2n) is 6.14. The van der Waals surface area contributed by atoms with Crippen molar-refractivity contribution in [3.8, 4) is 0 Å². The van der Waals surface area contributed by atoms with E-state index in [2.05, 4.69) is 9.82 Å². The Morgan fingerprint density at radius 2 is 1.81 bits per heavy atom. The van der Waals surface area contributed by atoms with Crippen LogP contribution >= 0.6 is 12.4 Å². The maximum atomic E-state index is 12.9. The lowest BCUT2D eigenvalue weighted by molar-refractivity contribution is 0.557. The summed E-state index contributed by atoms with van der Waals surface area (Å²) < 4.78 is 30.0. The Labute approximate surface area is 159 Å². The first-order valence-corrected chi connectivity index (χ1v) is 9.53. The van der Waals surface area contributed by atoms with Crippen LogP contribution in [0, 0.1) is 13.8 Å². The molecule has 0 radical (unpaired) electrons. The van der Waals surface area contributed by atoms with Crippen molar-refractivity contribution in [1.82, 2.24) is 14.5 Å². The van der Waals surface area contributed by atoms with Crippen LogP contribution in [0.4, 0.5) is 0 Å². The van der Waals surface area contributed by atoms with Crippen molar-refractivity contribution < 1.29 is 8.42 Å². The second kappa shape index (κ2) is 7.75. The molecule has 3 rings (SSSR count). The van der Waals surface area contributed by atoms with Crippen molar-refractivity contribution >= 4 is 33.2 Å². The van der Waals surface area contributed by atoms with Crippen LogP contribution in [0.25, 0.3) is 10.8 Å². The molecule has 6 nitrogen and oxygen atoms in total. The molecule has 0 aliphatic carbocycles. The van der Waals surface area contributed by atoms with Gasteiger partial charge in [0.1, 0.15) is 4.90 Å². The molecule has 1 atom stereocenters. The third-order valence-electron chi connectivity index (χ3n) is 4.42. The smallest absolute Gasteiger partial charge is 0.244 e. The number of hydrogen-bond donors (Lipinski definition) is 2. The van der Waals surface area contributed by atoms with Gasteiger partial charge in [-0.3, -0.25) is 4.68 Å². The first kappa shape index (κ1) is 20.4. The van der Waals surface area contributed by atoms with E-state index in [4.69, 9.17) is 5.73 Å². The first-order chi connectivity index (χ1) is 11.8. The minimum absolute atomic E-state index is 0. The van der Waals surface area contributed by atoms with Crippen LogP contribution in [0.2, 0.25) is 0 Å². The van der Waals surface area contributed by atoms with Crippen molar-refractivity contribution in [1.29, 1.82) is 0 Å². The molecular weight excluding hydrogens is 372 g/mol. The van der Waals surface area contributed by atoms with Gasteiger partial charge < -0.3 is 5.73 Å². The molecule has 8 heteroatoms. The van der Waals surface area contributed by atoms with E-state index in [-0.39, 0.29) is 23.8 Å². The molecule has 0 amide bonds. The van der Waals surface area contributed by atoms with Crippen molar-refractivity contribution in [2.45, 2.75) is 24.8 Å². The van der Waals surface area contributed by atoms with E-state index in [0.717, 1.165) is 16.3 Å². The highest BCUT2D eigenvalue weighted by molar-refractivity contribution is 7.89. The Morgan fingerprint density at radius 1 is 1.15 bits per heavy atom. The monoisotopic (exact) mass is 394 g/mol. The summed E-state index contributed by atoms with van der Waals surface area (Å²) in [6.45, 7) is 3.59. The maximum Gasteiger partial charge on any atom is 0.244 e. The molecule has 26 heavy (non-hydrogen) atoms. The molecule has 1 unspecified atom stereocenters. The van der Waals surface area contributed by atoms with Gasteiger partial charge in [-0.05, 0) is 36.2 Å². The van der Waals surface area contributed by atoms with Gasteiger partial charge in [-0.2, -0.15) is 5.10 Å². The zero-order chi connectivity index (χ0) is 18.2. The standard InChI is InChI=1S/C18H22N4O2S.ClH/c1-12-18(13(2)22(3)20-12)25(23,24)21-17(11-19)16-9-8-14-6-4-5-7-15(14)10-16;/h4-10,17,21H,11,19H2,1-3H3;1H. The number of halogens is 1. The van der Waals surface area contributed by atoms with Gasteiger partial charge >= 0.3 is 0 Å². The fourth-order valence-electron chi connectivity index (χ4n) is 3.07. The normalized spacial score (nSPS) is 12.8. The summed E-state index contributed by atoms with van der Waals surface area (Å²) in [4.78, 5) is 0.217. The average Bonchev–Trinajstić information content (AvgIpc) is 2.85. The predicted octanol–water partition coefficient (Wildman–Crippen LogP) is 2.59. The highest BCUT2D eigenvalue weighted by Gasteiger charge is 2.27. The Hall–Kier alpha value is -1.93. The summed E-state index contributed by atoms with van der Waals surface area (Å²) in [5.41, 5.74) is 7.78. The van der Waals surface area contributed by atoms with Crippen molar-refractivity contribution in [2.24, 2.45) is 12.8 Å². The van der Waals surface area contributed by atoms with Gasteiger partial charge in [0.05, 0.1) is 17.4 Å². The number of benzene rings is 2. The largest absolute Gasteiger partial charge is 0.329 e. The van der Waals surface area contributed by atoms with Crippen molar-refractivity contribution in [3.05, 3.63) is 59.4 Å². The lowest BCUT2D eigenvalue weighted by atomic mass is 10.0. The number of aryl methyl sites for hydroxylation is 2. The fourth-order valence-corrected chi connectivity index (χ4v) is 4.74. The highest BCUT2D eigenvalue weighted by atomic mass is 35.5.